The zero-order chi connectivity index (χ0) is 17.6. The molecule has 0 radical (unpaired) electrons. The van der Waals surface area contributed by atoms with Gasteiger partial charge in [0.05, 0.1) is 14.2 Å². The van der Waals surface area contributed by atoms with Crippen molar-refractivity contribution in [3.05, 3.63) is 65.2 Å². The van der Waals surface area contributed by atoms with E-state index in [1.54, 1.807) is 48.5 Å². The number of methoxy groups -OCH3 is 2. The van der Waals surface area contributed by atoms with Gasteiger partial charge in [-0.15, -0.1) is 0 Å². The Morgan fingerprint density at radius 2 is 1.38 bits per heavy atom. The van der Waals surface area contributed by atoms with Crippen molar-refractivity contribution in [2.45, 2.75) is 6.18 Å². The van der Waals surface area contributed by atoms with Gasteiger partial charge in [0.2, 0.25) is 0 Å². The lowest BCUT2D eigenvalue weighted by Gasteiger charge is -2.06. The van der Waals surface area contributed by atoms with Gasteiger partial charge in [0.1, 0.15) is 17.1 Å². The zero-order valence-corrected chi connectivity index (χ0v) is 13.1. The SMILES string of the molecule is COc1ccc(C#CC(=Cc2ccc(OC)cc2)C(F)(F)F)cc1. The molecule has 0 aliphatic carbocycles. The van der Waals surface area contributed by atoms with E-state index < -0.39 is 11.7 Å². The molecule has 2 nitrogen and oxygen atoms in total. The number of hydrogen-bond donors (Lipinski definition) is 0. The monoisotopic (exact) mass is 332 g/mol. The fourth-order valence-electron chi connectivity index (χ4n) is 1.87. The van der Waals surface area contributed by atoms with Crippen LogP contribution in [0.4, 0.5) is 13.2 Å². The van der Waals surface area contributed by atoms with E-state index in [9.17, 15) is 13.2 Å². The van der Waals surface area contributed by atoms with Crippen LogP contribution in [0.1, 0.15) is 11.1 Å². The zero-order valence-electron chi connectivity index (χ0n) is 13.1. The second-order valence-corrected chi connectivity index (χ2v) is 4.81. The summed E-state index contributed by atoms with van der Waals surface area (Å²) in [6.07, 6.45) is -3.52. The second kappa shape index (κ2) is 7.60. The third kappa shape index (κ3) is 4.82. The molecule has 0 fully saturated rings. The lowest BCUT2D eigenvalue weighted by Crippen LogP contribution is -2.10. The van der Waals surface area contributed by atoms with E-state index in [1.807, 2.05) is 0 Å². The summed E-state index contributed by atoms with van der Waals surface area (Å²) >= 11 is 0. The first kappa shape index (κ1) is 17.5. The van der Waals surface area contributed by atoms with Crippen molar-refractivity contribution in [2.24, 2.45) is 0 Å². The highest BCUT2D eigenvalue weighted by molar-refractivity contribution is 5.61. The minimum absolute atomic E-state index is 0.396. The Morgan fingerprint density at radius 1 is 0.875 bits per heavy atom. The summed E-state index contributed by atoms with van der Waals surface area (Å²) in [6.45, 7) is 0. The van der Waals surface area contributed by atoms with Gasteiger partial charge in [-0.3, -0.25) is 0 Å². The maximum atomic E-state index is 13.2. The molecule has 2 aromatic carbocycles. The molecule has 0 aliphatic rings. The first-order valence-corrected chi connectivity index (χ1v) is 7.01. The van der Waals surface area contributed by atoms with Gasteiger partial charge in [0.25, 0.3) is 0 Å². The number of ether oxygens (including phenoxy) is 2. The summed E-state index contributed by atoms with van der Waals surface area (Å²) in [4.78, 5) is 0. The molecule has 24 heavy (non-hydrogen) atoms. The van der Waals surface area contributed by atoms with Crippen molar-refractivity contribution in [3.8, 4) is 23.3 Å². The summed E-state index contributed by atoms with van der Waals surface area (Å²) in [5.74, 6) is 5.92. The van der Waals surface area contributed by atoms with Crippen molar-refractivity contribution in [2.75, 3.05) is 14.2 Å². The van der Waals surface area contributed by atoms with E-state index in [1.165, 1.54) is 14.2 Å². The van der Waals surface area contributed by atoms with E-state index in [-0.39, 0.29) is 0 Å². The van der Waals surface area contributed by atoms with Gasteiger partial charge in [0, 0.05) is 5.56 Å². The van der Waals surface area contributed by atoms with E-state index in [4.69, 9.17) is 9.47 Å². The van der Waals surface area contributed by atoms with Crippen LogP contribution >= 0.6 is 0 Å². The number of benzene rings is 2. The summed E-state index contributed by atoms with van der Waals surface area (Å²) in [5.41, 5.74) is -0.0451. The molecule has 0 bridgehead atoms. The molecule has 0 N–H and O–H groups in total. The minimum atomic E-state index is -4.53. The molecule has 0 spiro atoms. The largest absolute Gasteiger partial charge is 0.497 e. The predicted octanol–water partition coefficient (Wildman–Crippen LogP) is 4.70. The van der Waals surface area contributed by atoms with Crippen LogP contribution in [0.3, 0.4) is 0 Å². The molecule has 0 aliphatic heterocycles. The van der Waals surface area contributed by atoms with Crippen LogP contribution in [0.5, 0.6) is 11.5 Å². The van der Waals surface area contributed by atoms with Gasteiger partial charge in [0.15, 0.2) is 0 Å². The van der Waals surface area contributed by atoms with Gasteiger partial charge in [-0.05, 0) is 48.0 Å². The molecule has 124 valence electrons. The molecular formula is C19H15F3O2. The highest BCUT2D eigenvalue weighted by Gasteiger charge is 2.32. The molecule has 0 atom stereocenters. The summed E-state index contributed by atoms with van der Waals surface area (Å²) < 4.78 is 49.5. The Bertz CT molecular complexity index is 761. The quantitative estimate of drug-likeness (QED) is 0.759. The molecule has 0 heterocycles. The topological polar surface area (TPSA) is 18.5 Å². The van der Waals surface area contributed by atoms with Crippen LogP contribution in [-0.2, 0) is 0 Å². The maximum absolute atomic E-state index is 13.2. The van der Waals surface area contributed by atoms with E-state index in [2.05, 4.69) is 11.8 Å². The van der Waals surface area contributed by atoms with Crippen LogP contribution in [0.25, 0.3) is 6.08 Å². The van der Waals surface area contributed by atoms with Crippen molar-refractivity contribution in [3.63, 3.8) is 0 Å². The van der Waals surface area contributed by atoms with Gasteiger partial charge in [-0.25, -0.2) is 0 Å². The average Bonchev–Trinajstić information content (AvgIpc) is 2.58. The number of halogens is 3. The number of hydrogen-bond acceptors (Lipinski definition) is 2. The number of alkyl halides is 3. The van der Waals surface area contributed by atoms with Gasteiger partial charge < -0.3 is 9.47 Å². The van der Waals surface area contributed by atoms with Crippen LogP contribution in [0, 0.1) is 11.8 Å². The lowest BCUT2D eigenvalue weighted by molar-refractivity contribution is -0.0863. The fourth-order valence-corrected chi connectivity index (χ4v) is 1.87. The third-order valence-electron chi connectivity index (χ3n) is 3.16. The highest BCUT2D eigenvalue weighted by Crippen LogP contribution is 2.27. The minimum Gasteiger partial charge on any atom is -0.497 e. The Kier molecular flexibility index (Phi) is 5.54. The summed E-state index contributed by atoms with van der Waals surface area (Å²) in [7, 11) is 3.01. The second-order valence-electron chi connectivity index (χ2n) is 4.81. The number of allylic oxidation sites excluding steroid dienone is 1. The first-order valence-electron chi connectivity index (χ1n) is 7.01. The molecular weight excluding hydrogens is 317 g/mol. The smallest absolute Gasteiger partial charge is 0.424 e. The van der Waals surface area contributed by atoms with E-state index in [0.717, 1.165) is 6.08 Å². The third-order valence-corrected chi connectivity index (χ3v) is 3.16. The predicted molar refractivity (Wildman–Crippen MR) is 86.9 cm³/mol. The molecule has 2 aromatic rings. The standard InChI is InChI=1S/C19H15F3O2/c1-23-17-9-4-14(5-10-17)3-8-16(19(20,21)22)13-15-6-11-18(24-2)12-7-15/h4-7,9-13H,1-2H3. The van der Waals surface area contributed by atoms with Gasteiger partial charge in [-0.2, -0.15) is 13.2 Å². The summed E-state index contributed by atoms with van der Waals surface area (Å²) in [5, 5.41) is 0. The normalized spacial score (nSPS) is 11.5. The van der Waals surface area contributed by atoms with E-state index in [0.29, 0.717) is 22.6 Å². The van der Waals surface area contributed by atoms with Crippen molar-refractivity contribution < 1.29 is 22.6 Å². The average molecular weight is 332 g/mol. The maximum Gasteiger partial charge on any atom is 0.424 e. The van der Waals surface area contributed by atoms with Crippen LogP contribution < -0.4 is 9.47 Å². The Hall–Kier alpha value is -2.87. The van der Waals surface area contributed by atoms with Gasteiger partial charge >= 0.3 is 6.18 Å². The molecule has 0 unspecified atom stereocenters. The van der Waals surface area contributed by atoms with Crippen LogP contribution in [-0.4, -0.2) is 20.4 Å². The number of rotatable bonds is 3. The van der Waals surface area contributed by atoms with E-state index >= 15 is 0 Å². The molecule has 0 amide bonds. The van der Waals surface area contributed by atoms with Crippen molar-refractivity contribution in [1.29, 1.82) is 0 Å². The Morgan fingerprint density at radius 3 is 1.83 bits per heavy atom. The molecule has 0 aromatic heterocycles. The fraction of sp³-hybridized carbons (Fsp3) is 0.158. The van der Waals surface area contributed by atoms with Gasteiger partial charge in [-0.1, -0.05) is 24.0 Å². The first-order chi connectivity index (χ1) is 11.4. The molecule has 2 rings (SSSR count). The van der Waals surface area contributed by atoms with Crippen LogP contribution in [0.2, 0.25) is 0 Å². The molecule has 0 saturated heterocycles. The van der Waals surface area contributed by atoms with Crippen LogP contribution in [0.15, 0.2) is 54.1 Å². The summed E-state index contributed by atoms with van der Waals surface area (Å²) in [6, 6.07) is 12.8. The Balaban J connectivity index is 2.31. The molecule has 0 saturated carbocycles. The molecule has 5 heteroatoms. The van der Waals surface area contributed by atoms with Crippen molar-refractivity contribution in [1.82, 2.24) is 0 Å². The van der Waals surface area contributed by atoms with Crippen molar-refractivity contribution >= 4 is 6.08 Å². The Labute approximate surface area is 138 Å². The highest BCUT2D eigenvalue weighted by atomic mass is 19.4. The lowest BCUT2D eigenvalue weighted by atomic mass is 10.1.